The molecule has 18 heavy (non-hydrogen) atoms. The molecule has 1 heterocycles. The average Bonchev–Trinajstić information content (AvgIpc) is 2.33. The van der Waals surface area contributed by atoms with E-state index in [1.807, 2.05) is 5.32 Å². The first-order valence-corrected chi connectivity index (χ1v) is 6.45. The van der Waals surface area contributed by atoms with Gasteiger partial charge in [-0.05, 0) is 0 Å². The quantitative estimate of drug-likeness (QED) is 0.651. The maximum absolute atomic E-state index is 12.5. The van der Waals surface area contributed by atoms with Gasteiger partial charge < -0.3 is 10.1 Å². The summed E-state index contributed by atoms with van der Waals surface area (Å²) in [6.45, 7) is 0. The number of alkyl halides is 3. The van der Waals surface area contributed by atoms with E-state index in [0.717, 1.165) is 7.11 Å². The summed E-state index contributed by atoms with van der Waals surface area (Å²) in [7, 11) is -3.73. The highest BCUT2D eigenvalue weighted by Gasteiger charge is 2.52. The largest absolute Gasteiger partial charge is 0.467 e. The van der Waals surface area contributed by atoms with Crippen molar-refractivity contribution in [2.24, 2.45) is 0 Å². The molecule has 104 valence electrons. The highest BCUT2D eigenvalue weighted by Crippen LogP contribution is 2.30. The summed E-state index contributed by atoms with van der Waals surface area (Å²) in [5.41, 5.74) is 0. The van der Waals surface area contributed by atoms with Crippen LogP contribution in [0.4, 0.5) is 13.2 Å². The first-order valence-electron chi connectivity index (χ1n) is 4.73. The number of amides is 1. The van der Waals surface area contributed by atoms with Crippen molar-refractivity contribution in [2.45, 2.75) is 23.9 Å². The molecule has 0 saturated carbocycles. The molecule has 1 fully saturated rings. The van der Waals surface area contributed by atoms with Gasteiger partial charge in [0.05, 0.1) is 19.3 Å². The van der Waals surface area contributed by atoms with Gasteiger partial charge in [0.25, 0.3) is 0 Å². The van der Waals surface area contributed by atoms with Gasteiger partial charge in [0.2, 0.25) is 5.91 Å². The lowest BCUT2D eigenvalue weighted by Gasteiger charge is -2.17. The van der Waals surface area contributed by atoms with Crippen LogP contribution in [0.15, 0.2) is 0 Å². The standard InChI is InChI=1S/C8H10F3NO5S/c1-17-7(14)4-3-18(15,16)5(8(9,10)11)2-6(13)12-4/h4-5H,2-3H2,1H3,(H,12,13). The van der Waals surface area contributed by atoms with Crippen molar-refractivity contribution in [3.05, 3.63) is 0 Å². The number of hydrogen-bond acceptors (Lipinski definition) is 5. The monoisotopic (exact) mass is 289 g/mol. The number of halogens is 3. The first-order chi connectivity index (χ1) is 8.08. The molecule has 0 aliphatic carbocycles. The van der Waals surface area contributed by atoms with Gasteiger partial charge in [-0.25, -0.2) is 13.2 Å². The second-order valence-electron chi connectivity index (χ2n) is 3.71. The molecule has 1 saturated heterocycles. The fourth-order valence-electron chi connectivity index (χ4n) is 1.53. The molecule has 1 amide bonds. The van der Waals surface area contributed by atoms with Crippen LogP contribution in [0, 0.1) is 0 Å². The molecule has 0 radical (unpaired) electrons. The summed E-state index contributed by atoms with van der Waals surface area (Å²) in [5, 5.41) is -0.897. The number of carbonyl (C=O) groups excluding carboxylic acids is 2. The second kappa shape index (κ2) is 4.75. The molecule has 2 unspecified atom stereocenters. The van der Waals surface area contributed by atoms with Crippen molar-refractivity contribution < 1.29 is 35.9 Å². The predicted molar refractivity (Wildman–Crippen MR) is 52.2 cm³/mol. The Bertz CT molecular complexity index is 458. The van der Waals surface area contributed by atoms with Crippen molar-refractivity contribution in [1.29, 1.82) is 0 Å². The van der Waals surface area contributed by atoms with Crippen LogP contribution in [-0.4, -0.2) is 50.6 Å². The fourth-order valence-corrected chi connectivity index (χ4v) is 3.26. The van der Waals surface area contributed by atoms with Crippen LogP contribution in [0.25, 0.3) is 0 Å². The van der Waals surface area contributed by atoms with Crippen molar-refractivity contribution in [3.63, 3.8) is 0 Å². The van der Waals surface area contributed by atoms with E-state index in [-0.39, 0.29) is 0 Å². The van der Waals surface area contributed by atoms with Crippen molar-refractivity contribution in [2.75, 3.05) is 12.9 Å². The summed E-state index contributed by atoms with van der Waals surface area (Å²) < 4.78 is 64.8. The molecule has 1 aliphatic heterocycles. The molecule has 2 atom stereocenters. The smallest absolute Gasteiger partial charge is 0.405 e. The van der Waals surface area contributed by atoms with Gasteiger partial charge in [0.1, 0.15) is 6.04 Å². The van der Waals surface area contributed by atoms with E-state index in [1.165, 1.54) is 0 Å². The minimum absolute atomic E-state index is 0.938. The van der Waals surface area contributed by atoms with Crippen molar-refractivity contribution in [3.8, 4) is 0 Å². The zero-order valence-electron chi connectivity index (χ0n) is 9.15. The van der Waals surface area contributed by atoms with Crippen LogP contribution in [-0.2, 0) is 24.2 Å². The predicted octanol–water partition coefficient (Wildman–Crippen LogP) is -0.606. The van der Waals surface area contributed by atoms with Gasteiger partial charge in [-0.15, -0.1) is 0 Å². The van der Waals surface area contributed by atoms with Gasteiger partial charge in [0.15, 0.2) is 15.1 Å². The van der Waals surface area contributed by atoms with Crippen LogP contribution in [0.5, 0.6) is 0 Å². The van der Waals surface area contributed by atoms with E-state index >= 15 is 0 Å². The summed E-state index contributed by atoms with van der Waals surface area (Å²) in [6.07, 6.45) is -6.31. The zero-order chi connectivity index (χ0) is 14.1. The third kappa shape index (κ3) is 3.12. The summed E-state index contributed by atoms with van der Waals surface area (Å²) in [6, 6.07) is -1.61. The Hall–Kier alpha value is -1.32. The molecule has 10 heteroatoms. The minimum atomic E-state index is -5.05. The summed E-state index contributed by atoms with van der Waals surface area (Å²) >= 11 is 0. The van der Waals surface area contributed by atoms with Gasteiger partial charge >= 0.3 is 12.1 Å². The third-order valence-electron chi connectivity index (χ3n) is 2.39. The Balaban J connectivity index is 3.11. The molecule has 0 aromatic carbocycles. The van der Waals surface area contributed by atoms with Gasteiger partial charge in [-0.1, -0.05) is 0 Å². The van der Waals surface area contributed by atoms with Crippen LogP contribution in [0.3, 0.4) is 0 Å². The molecule has 0 bridgehead atoms. The Morgan fingerprint density at radius 1 is 1.44 bits per heavy atom. The molecule has 1 N–H and O–H groups in total. The number of methoxy groups -OCH3 is 1. The van der Waals surface area contributed by atoms with Crippen LogP contribution in [0.2, 0.25) is 0 Å². The number of sulfone groups is 1. The van der Waals surface area contributed by atoms with Gasteiger partial charge in [0, 0.05) is 0 Å². The molecule has 0 aromatic heterocycles. The Morgan fingerprint density at radius 2 is 2.00 bits per heavy atom. The minimum Gasteiger partial charge on any atom is -0.467 e. The van der Waals surface area contributed by atoms with Crippen molar-refractivity contribution >= 4 is 21.7 Å². The second-order valence-corrected chi connectivity index (χ2v) is 5.94. The number of nitrogens with one attached hydrogen (secondary N) is 1. The van der Waals surface area contributed by atoms with E-state index in [1.54, 1.807) is 0 Å². The lowest BCUT2D eigenvalue weighted by atomic mass is 10.2. The highest BCUT2D eigenvalue weighted by atomic mass is 32.2. The van der Waals surface area contributed by atoms with Crippen LogP contribution in [0.1, 0.15) is 6.42 Å². The molecule has 1 aliphatic rings. The number of ether oxygens (including phenoxy) is 1. The molecular weight excluding hydrogens is 279 g/mol. The van der Waals surface area contributed by atoms with Crippen molar-refractivity contribution in [1.82, 2.24) is 5.32 Å². The number of rotatable bonds is 1. The van der Waals surface area contributed by atoms with Crippen LogP contribution < -0.4 is 5.32 Å². The Labute approximate surface area is 100 Å². The lowest BCUT2D eigenvalue weighted by molar-refractivity contribution is -0.145. The first kappa shape index (κ1) is 14.7. The van der Waals surface area contributed by atoms with E-state index < -0.39 is 51.4 Å². The van der Waals surface area contributed by atoms with E-state index in [9.17, 15) is 31.2 Å². The normalized spacial score (nSPS) is 28.1. The average molecular weight is 289 g/mol. The van der Waals surface area contributed by atoms with E-state index in [2.05, 4.69) is 4.74 Å². The number of hydrogen-bond donors (Lipinski definition) is 1. The molecule has 6 nitrogen and oxygen atoms in total. The molecule has 0 spiro atoms. The maximum atomic E-state index is 12.5. The van der Waals surface area contributed by atoms with Gasteiger partial charge in [-0.2, -0.15) is 13.2 Å². The highest BCUT2D eigenvalue weighted by molar-refractivity contribution is 7.92. The van der Waals surface area contributed by atoms with Gasteiger partial charge in [-0.3, -0.25) is 4.79 Å². The number of carbonyl (C=O) groups is 2. The maximum Gasteiger partial charge on any atom is 0.405 e. The Kier molecular flexibility index (Phi) is 3.89. The lowest BCUT2D eigenvalue weighted by Crippen LogP contribution is -2.44. The Morgan fingerprint density at radius 3 is 2.44 bits per heavy atom. The molecular formula is C8H10F3NO5S. The van der Waals surface area contributed by atoms with E-state index in [4.69, 9.17) is 0 Å². The molecule has 0 aromatic rings. The summed E-state index contributed by atoms with van der Waals surface area (Å²) in [5.74, 6) is -3.39. The number of esters is 1. The topological polar surface area (TPSA) is 89.5 Å². The third-order valence-corrected chi connectivity index (χ3v) is 4.49. The van der Waals surface area contributed by atoms with E-state index in [0.29, 0.717) is 0 Å². The summed E-state index contributed by atoms with van der Waals surface area (Å²) in [4.78, 5) is 22.3. The van der Waals surface area contributed by atoms with Crippen LogP contribution >= 0.6 is 0 Å². The molecule has 1 rings (SSSR count). The fraction of sp³-hybridized carbons (Fsp3) is 0.750. The zero-order valence-corrected chi connectivity index (χ0v) is 9.97. The SMILES string of the molecule is COC(=O)C1CS(=O)(=O)C(C(F)(F)F)CC(=O)N1.